The van der Waals surface area contributed by atoms with Crippen molar-refractivity contribution >= 4 is 5.82 Å². The van der Waals surface area contributed by atoms with Gasteiger partial charge in [-0.2, -0.15) is 0 Å². The van der Waals surface area contributed by atoms with Crippen LogP contribution in [0.15, 0.2) is 24.5 Å². The SMILES string of the molecule is CCNc1ncnc(-c2cccc(OC)c2OC)c1C. The second-order valence-corrected chi connectivity index (χ2v) is 4.27. The fourth-order valence-corrected chi connectivity index (χ4v) is 2.14. The first-order chi connectivity index (χ1) is 9.72. The summed E-state index contributed by atoms with van der Waals surface area (Å²) in [6.07, 6.45) is 1.55. The Hall–Kier alpha value is -2.30. The monoisotopic (exact) mass is 273 g/mol. The van der Waals surface area contributed by atoms with Gasteiger partial charge in [0.2, 0.25) is 0 Å². The van der Waals surface area contributed by atoms with Crippen LogP contribution in [0.2, 0.25) is 0 Å². The summed E-state index contributed by atoms with van der Waals surface area (Å²) in [6, 6.07) is 5.75. The normalized spacial score (nSPS) is 10.2. The summed E-state index contributed by atoms with van der Waals surface area (Å²) >= 11 is 0. The molecule has 5 nitrogen and oxygen atoms in total. The molecule has 2 aromatic rings. The summed E-state index contributed by atoms with van der Waals surface area (Å²) in [5, 5.41) is 3.23. The van der Waals surface area contributed by atoms with Crippen molar-refractivity contribution in [2.75, 3.05) is 26.1 Å². The van der Waals surface area contributed by atoms with Gasteiger partial charge in [0.25, 0.3) is 0 Å². The van der Waals surface area contributed by atoms with E-state index in [0.29, 0.717) is 11.5 Å². The van der Waals surface area contributed by atoms with Crippen molar-refractivity contribution in [3.05, 3.63) is 30.1 Å². The first kappa shape index (κ1) is 14.1. The molecule has 0 spiro atoms. The van der Waals surface area contributed by atoms with Gasteiger partial charge in [-0.1, -0.05) is 6.07 Å². The molecule has 0 aliphatic carbocycles. The van der Waals surface area contributed by atoms with Gasteiger partial charge in [0, 0.05) is 17.7 Å². The van der Waals surface area contributed by atoms with E-state index in [4.69, 9.17) is 9.47 Å². The predicted molar refractivity (Wildman–Crippen MR) is 79.5 cm³/mol. The Morgan fingerprint density at radius 2 is 1.95 bits per heavy atom. The Morgan fingerprint density at radius 1 is 1.15 bits per heavy atom. The van der Waals surface area contributed by atoms with Crippen molar-refractivity contribution in [1.29, 1.82) is 0 Å². The summed E-state index contributed by atoms with van der Waals surface area (Å²) in [7, 11) is 3.25. The number of hydrogen-bond acceptors (Lipinski definition) is 5. The van der Waals surface area contributed by atoms with E-state index in [1.165, 1.54) is 0 Å². The summed E-state index contributed by atoms with van der Waals surface area (Å²) < 4.78 is 10.8. The summed E-state index contributed by atoms with van der Waals surface area (Å²) in [5.74, 6) is 2.20. The Balaban J connectivity index is 2.59. The van der Waals surface area contributed by atoms with E-state index in [9.17, 15) is 0 Å². The zero-order chi connectivity index (χ0) is 14.5. The van der Waals surface area contributed by atoms with Gasteiger partial charge in [-0.25, -0.2) is 9.97 Å². The van der Waals surface area contributed by atoms with Crippen LogP contribution in [-0.2, 0) is 0 Å². The zero-order valence-electron chi connectivity index (χ0n) is 12.2. The molecule has 0 saturated heterocycles. The Morgan fingerprint density at radius 3 is 2.60 bits per heavy atom. The van der Waals surface area contributed by atoms with Crippen LogP contribution in [0.25, 0.3) is 11.3 Å². The number of rotatable bonds is 5. The van der Waals surface area contributed by atoms with Crippen LogP contribution >= 0.6 is 0 Å². The van der Waals surface area contributed by atoms with Crippen LogP contribution < -0.4 is 14.8 Å². The molecule has 20 heavy (non-hydrogen) atoms. The molecule has 0 bridgehead atoms. The van der Waals surface area contributed by atoms with Gasteiger partial charge in [0.05, 0.1) is 19.9 Å². The fraction of sp³-hybridized carbons (Fsp3) is 0.333. The smallest absolute Gasteiger partial charge is 0.170 e. The molecule has 0 saturated carbocycles. The van der Waals surface area contributed by atoms with Crippen molar-refractivity contribution in [2.24, 2.45) is 0 Å². The first-order valence-electron chi connectivity index (χ1n) is 6.49. The highest BCUT2D eigenvalue weighted by atomic mass is 16.5. The third kappa shape index (κ3) is 2.52. The zero-order valence-corrected chi connectivity index (χ0v) is 12.2. The Bertz CT molecular complexity index is 600. The number of hydrogen-bond donors (Lipinski definition) is 1. The van der Waals surface area contributed by atoms with Crippen LogP contribution in [-0.4, -0.2) is 30.7 Å². The van der Waals surface area contributed by atoms with E-state index < -0.39 is 0 Å². The molecule has 0 fully saturated rings. The average Bonchev–Trinajstić information content (AvgIpc) is 2.48. The topological polar surface area (TPSA) is 56.3 Å². The van der Waals surface area contributed by atoms with Crippen molar-refractivity contribution in [3.8, 4) is 22.8 Å². The number of nitrogens with one attached hydrogen (secondary N) is 1. The molecule has 1 heterocycles. The maximum Gasteiger partial charge on any atom is 0.170 e. The molecule has 5 heteroatoms. The van der Waals surface area contributed by atoms with E-state index in [1.54, 1.807) is 20.5 Å². The maximum atomic E-state index is 5.47. The molecule has 0 unspecified atom stereocenters. The highest BCUT2D eigenvalue weighted by molar-refractivity contribution is 5.75. The van der Waals surface area contributed by atoms with Crippen LogP contribution in [0.3, 0.4) is 0 Å². The van der Waals surface area contributed by atoms with Crippen LogP contribution in [0.5, 0.6) is 11.5 Å². The molecular formula is C15H19N3O2. The lowest BCUT2D eigenvalue weighted by Crippen LogP contribution is -2.04. The molecular weight excluding hydrogens is 254 g/mol. The Labute approximate surface area is 119 Å². The molecule has 0 radical (unpaired) electrons. The average molecular weight is 273 g/mol. The van der Waals surface area contributed by atoms with Crippen LogP contribution in [0, 0.1) is 6.92 Å². The number of benzene rings is 1. The molecule has 2 rings (SSSR count). The number of ether oxygens (including phenoxy) is 2. The number of methoxy groups -OCH3 is 2. The van der Waals surface area contributed by atoms with E-state index in [2.05, 4.69) is 15.3 Å². The number of aromatic nitrogens is 2. The number of anilines is 1. The second kappa shape index (κ2) is 6.23. The highest BCUT2D eigenvalue weighted by Crippen LogP contribution is 2.38. The minimum Gasteiger partial charge on any atom is -0.493 e. The third-order valence-electron chi connectivity index (χ3n) is 3.09. The second-order valence-electron chi connectivity index (χ2n) is 4.27. The van der Waals surface area contributed by atoms with Gasteiger partial charge < -0.3 is 14.8 Å². The minimum atomic E-state index is 0.680. The van der Waals surface area contributed by atoms with Crippen LogP contribution in [0.1, 0.15) is 12.5 Å². The summed E-state index contributed by atoms with van der Waals surface area (Å²) in [4.78, 5) is 8.65. The van der Waals surface area contributed by atoms with E-state index in [1.807, 2.05) is 32.0 Å². The molecule has 0 atom stereocenters. The van der Waals surface area contributed by atoms with Gasteiger partial charge in [-0.05, 0) is 26.0 Å². The third-order valence-corrected chi connectivity index (χ3v) is 3.09. The lowest BCUT2D eigenvalue weighted by atomic mass is 10.1. The fourth-order valence-electron chi connectivity index (χ4n) is 2.14. The largest absolute Gasteiger partial charge is 0.493 e. The van der Waals surface area contributed by atoms with Gasteiger partial charge in [0.15, 0.2) is 11.5 Å². The van der Waals surface area contributed by atoms with Crippen molar-refractivity contribution in [3.63, 3.8) is 0 Å². The maximum absolute atomic E-state index is 5.47. The number of para-hydroxylation sites is 1. The molecule has 0 aliphatic heterocycles. The number of nitrogens with zero attached hydrogens (tertiary/aromatic N) is 2. The van der Waals surface area contributed by atoms with Crippen molar-refractivity contribution in [2.45, 2.75) is 13.8 Å². The van der Waals surface area contributed by atoms with E-state index >= 15 is 0 Å². The molecule has 1 aromatic carbocycles. The quantitative estimate of drug-likeness (QED) is 0.907. The van der Waals surface area contributed by atoms with Gasteiger partial charge in [0.1, 0.15) is 12.1 Å². The molecule has 0 aliphatic rings. The van der Waals surface area contributed by atoms with Gasteiger partial charge in [-0.3, -0.25) is 0 Å². The first-order valence-corrected chi connectivity index (χ1v) is 6.49. The lowest BCUT2D eigenvalue weighted by molar-refractivity contribution is 0.356. The Kier molecular flexibility index (Phi) is 4.40. The summed E-state index contributed by atoms with van der Waals surface area (Å²) in [5.41, 5.74) is 2.72. The predicted octanol–water partition coefficient (Wildman–Crippen LogP) is 2.90. The lowest BCUT2D eigenvalue weighted by Gasteiger charge is -2.15. The van der Waals surface area contributed by atoms with Crippen molar-refractivity contribution in [1.82, 2.24) is 9.97 Å². The molecule has 1 N–H and O–H groups in total. The molecule has 0 amide bonds. The minimum absolute atomic E-state index is 0.680. The van der Waals surface area contributed by atoms with Crippen LogP contribution in [0.4, 0.5) is 5.82 Å². The molecule has 106 valence electrons. The van der Waals surface area contributed by atoms with E-state index in [-0.39, 0.29) is 0 Å². The highest BCUT2D eigenvalue weighted by Gasteiger charge is 2.16. The van der Waals surface area contributed by atoms with Gasteiger partial charge in [-0.15, -0.1) is 0 Å². The molecule has 1 aromatic heterocycles. The summed E-state index contributed by atoms with van der Waals surface area (Å²) in [6.45, 7) is 4.84. The van der Waals surface area contributed by atoms with Crippen molar-refractivity contribution < 1.29 is 9.47 Å². The van der Waals surface area contributed by atoms with Gasteiger partial charge >= 0.3 is 0 Å². The van der Waals surface area contributed by atoms with E-state index in [0.717, 1.165) is 29.2 Å². The standard InChI is InChI=1S/C15H19N3O2/c1-5-16-15-10(2)13(17-9-18-15)11-7-6-8-12(19-3)14(11)20-4/h6-9H,5H2,1-4H3,(H,16,17,18).